The summed E-state index contributed by atoms with van der Waals surface area (Å²) < 4.78 is 20.8. The second-order valence-electron chi connectivity index (χ2n) is 6.98. The summed E-state index contributed by atoms with van der Waals surface area (Å²) in [7, 11) is 4.04. The Bertz CT molecular complexity index is 1220. The number of imide groups is 1. The highest BCUT2D eigenvalue weighted by Gasteiger charge is 2.22. The summed E-state index contributed by atoms with van der Waals surface area (Å²) in [6, 6.07) is 8.91. The molecule has 0 atom stereocenters. The van der Waals surface area contributed by atoms with Crippen LogP contribution in [0.25, 0.3) is 0 Å². The topological polar surface area (TPSA) is 120 Å². The van der Waals surface area contributed by atoms with Crippen molar-refractivity contribution < 1.29 is 38.1 Å². The molecule has 0 heterocycles. The Morgan fingerprint density at radius 3 is 2.19 bits per heavy atom. The van der Waals surface area contributed by atoms with Gasteiger partial charge in [-0.15, -0.1) is 12.8 Å². The van der Waals surface area contributed by atoms with Crippen LogP contribution in [0.4, 0.5) is 5.69 Å². The van der Waals surface area contributed by atoms with Crippen molar-refractivity contribution in [3.8, 4) is 41.9 Å². The molecule has 10 nitrogen and oxygen atoms in total. The zero-order valence-electron chi connectivity index (χ0n) is 20.0. The summed E-state index contributed by atoms with van der Waals surface area (Å²) in [5.41, 5.74) is 0.315. The summed E-state index contributed by atoms with van der Waals surface area (Å²) in [5, 5.41) is 2.39. The van der Waals surface area contributed by atoms with Crippen LogP contribution >= 0.6 is 0 Å². The lowest BCUT2D eigenvalue weighted by Crippen LogP contribution is -2.37. The molecular weight excluding hydrogens is 468 g/mol. The molecule has 2 rings (SSSR count). The highest BCUT2D eigenvalue weighted by atomic mass is 16.5. The van der Waals surface area contributed by atoms with Gasteiger partial charge in [-0.25, -0.2) is 4.79 Å². The molecule has 0 aromatic heterocycles. The van der Waals surface area contributed by atoms with E-state index < -0.39 is 23.7 Å². The number of carbonyl (C=O) groups is 4. The number of hydrogen-bond donors (Lipinski definition) is 1. The van der Waals surface area contributed by atoms with E-state index in [4.69, 9.17) is 31.8 Å². The minimum atomic E-state index is -0.796. The van der Waals surface area contributed by atoms with Gasteiger partial charge in [0.1, 0.15) is 5.75 Å². The fraction of sp³-hybridized carbons (Fsp3) is 0.231. The fourth-order valence-electron chi connectivity index (χ4n) is 3.04. The third-order valence-corrected chi connectivity index (χ3v) is 4.82. The van der Waals surface area contributed by atoms with E-state index in [0.29, 0.717) is 5.75 Å². The number of nitrogens with zero attached hydrogens (tertiary/aromatic N) is 1. The van der Waals surface area contributed by atoms with Crippen molar-refractivity contribution in [3.63, 3.8) is 0 Å². The highest BCUT2D eigenvalue weighted by Crippen LogP contribution is 2.34. The Balaban J connectivity index is 2.17. The zero-order valence-corrected chi connectivity index (χ0v) is 20.0. The minimum absolute atomic E-state index is 0.0179. The van der Waals surface area contributed by atoms with Gasteiger partial charge in [-0.1, -0.05) is 0 Å². The Morgan fingerprint density at radius 2 is 1.64 bits per heavy atom. The standard InChI is InChI=1S/C26H24N2O8/c1-6-23(29)27-20-16-21(34-4)22(15-19(20)26(32)35-5)36-14-8-13-28(24(30)7-2)25(31)17-9-11-18(33-3)12-10-17/h1-2,9-12,15-16H,8,13-14H2,3-5H3,(H,27,29). The first-order chi connectivity index (χ1) is 17.3. The number of terminal acetylenes is 2. The Morgan fingerprint density at radius 1 is 0.944 bits per heavy atom. The number of ether oxygens (including phenoxy) is 4. The zero-order chi connectivity index (χ0) is 26.7. The number of rotatable bonds is 10. The number of benzene rings is 2. The van der Waals surface area contributed by atoms with Crippen molar-refractivity contribution in [1.29, 1.82) is 0 Å². The molecule has 1 N–H and O–H groups in total. The first-order valence-electron chi connectivity index (χ1n) is 10.5. The molecule has 0 aliphatic carbocycles. The molecule has 0 saturated heterocycles. The number of hydrogen-bond acceptors (Lipinski definition) is 8. The molecule has 0 aliphatic rings. The van der Waals surface area contributed by atoms with Crippen LogP contribution in [-0.2, 0) is 14.3 Å². The van der Waals surface area contributed by atoms with Crippen molar-refractivity contribution in [2.24, 2.45) is 0 Å². The van der Waals surface area contributed by atoms with E-state index in [1.807, 2.05) is 11.8 Å². The normalized spacial score (nSPS) is 9.69. The Hall–Kier alpha value is -4.96. The second kappa shape index (κ2) is 13.1. The van der Waals surface area contributed by atoms with Crippen LogP contribution in [0.2, 0.25) is 0 Å². The number of esters is 1. The number of amides is 3. The molecule has 0 unspecified atom stereocenters. The van der Waals surface area contributed by atoms with Gasteiger partial charge in [0.15, 0.2) is 11.5 Å². The van der Waals surface area contributed by atoms with Crippen molar-refractivity contribution in [3.05, 3.63) is 47.5 Å². The van der Waals surface area contributed by atoms with Gasteiger partial charge in [-0.3, -0.25) is 19.3 Å². The molecule has 0 fully saturated rings. The SMILES string of the molecule is C#CC(=O)Nc1cc(OC)c(OCCCN(C(=O)C#C)C(=O)c2ccc(OC)cc2)cc1C(=O)OC. The van der Waals surface area contributed by atoms with Crippen LogP contribution < -0.4 is 19.5 Å². The maximum Gasteiger partial charge on any atom is 0.340 e. The van der Waals surface area contributed by atoms with Crippen molar-refractivity contribution in [2.45, 2.75) is 6.42 Å². The van der Waals surface area contributed by atoms with E-state index in [2.05, 4.69) is 5.32 Å². The molecule has 0 saturated carbocycles. The van der Waals surface area contributed by atoms with Crippen LogP contribution in [0.15, 0.2) is 36.4 Å². The third kappa shape index (κ3) is 6.78. The lowest BCUT2D eigenvalue weighted by Gasteiger charge is -2.19. The predicted octanol–water partition coefficient (Wildman–Crippen LogP) is 2.13. The van der Waals surface area contributed by atoms with Crippen LogP contribution in [0, 0.1) is 24.7 Å². The van der Waals surface area contributed by atoms with Gasteiger partial charge in [0.25, 0.3) is 11.8 Å². The largest absolute Gasteiger partial charge is 0.497 e. The van der Waals surface area contributed by atoms with Gasteiger partial charge in [0, 0.05) is 24.2 Å². The van der Waals surface area contributed by atoms with Crippen LogP contribution in [-0.4, -0.2) is 63.1 Å². The van der Waals surface area contributed by atoms with Gasteiger partial charge in [-0.2, -0.15) is 0 Å². The van der Waals surface area contributed by atoms with E-state index in [1.165, 1.54) is 45.6 Å². The van der Waals surface area contributed by atoms with Crippen LogP contribution in [0.3, 0.4) is 0 Å². The maximum absolute atomic E-state index is 12.8. The van der Waals surface area contributed by atoms with Gasteiger partial charge >= 0.3 is 11.9 Å². The molecule has 36 heavy (non-hydrogen) atoms. The average molecular weight is 492 g/mol. The van der Waals surface area contributed by atoms with Gasteiger partial charge in [0.05, 0.1) is 39.2 Å². The number of carbonyl (C=O) groups excluding carboxylic acids is 4. The molecule has 0 aliphatic heterocycles. The highest BCUT2D eigenvalue weighted by molar-refractivity contribution is 6.10. The lowest BCUT2D eigenvalue weighted by molar-refractivity contribution is -0.122. The van der Waals surface area contributed by atoms with Gasteiger partial charge < -0.3 is 24.3 Å². The third-order valence-electron chi connectivity index (χ3n) is 4.82. The predicted molar refractivity (Wildman–Crippen MR) is 130 cm³/mol. The molecule has 3 amide bonds. The van der Waals surface area contributed by atoms with Crippen LogP contribution in [0.5, 0.6) is 17.2 Å². The molecule has 2 aromatic rings. The van der Waals surface area contributed by atoms with Gasteiger partial charge in [0.2, 0.25) is 0 Å². The first kappa shape index (κ1) is 27.3. The van der Waals surface area contributed by atoms with Crippen molar-refractivity contribution >= 4 is 29.4 Å². The molecular formula is C26H24N2O8. The van der Waals surface area contributed by atoms with E-state index in [0.717, 1.165) is 4.90 Å². The Kier molecular flexibility index (Phi) is 9.90. The number of nitrogens with one attached hydrogen (secondary N) is 1. The van der Waals surface area contributed by atoms with Crippen molar-refractivity contribution in [2.75, 3.05) is 39.8 Å². The van der Waals surface area contributed by atoms with Crippen molar-refractivity contribution in [1.82, 2.24) is 4.90 Å². The summed E-state index contributed by atoms with van der Waals surface area (Å²) in [4.78, 5) is 49.8. The van der Waals surface area contributed by atoms with Crippen LogP contribution in [0.1, 0.15) is 27.1 Å². The molecule has 10 heteroatoms. The quantitative estimate of drug-likeness (QED) is 0.304. The molecule has 0 spiro atoms. The summed E-state index contributed by atoms with van der Waals surface area (Å²) in [6.07, 6.45) is 10.5. The van der Waals surface area contributed by atoms with E-state index in [9.17, 15) is 19.2 Å². The summed E-state index contributed by atoms with van der Waals surface area (Å²) >= 11 is 0. The molecule has 0 radical (unpaired) electrons. The molecule has 0 bridgehead atoms. The average Bonchev–Trinajstić information content (AvgIpc) is 2.91. The maximum atomic E-state index is 12.8. The number of methoxy groups -OCH3 is 3. The smallest absolute Gasteiger partial charge is 0.340 e. The van der Waals surface area contributed by atoms with E-state index in [-0.39, 0.29) is 47.9 Å². The van der Waals surface area contributed by atoms with E-state index in [1.54, 1.807) is 12.1 Å². The summed E-state index contributed by atoms with van der Waals surface area (Å²) in [6.45, 7) is -0.00629. The fourth-order valence-corrected chi connectivity index (χ4v) is 3.04. The number of anilines is 1. The van der Waals surface area contributed by atoms with E-state index >= 15 is 0 Å². The molecule has 186 valence electrons. The summed E-state index contributed by atoms with van der Waals surface area (Å²) in [5.74, 6) is 1.87. The Labute approximate surface area is 208 Å². The second-order valence-corrected chi connectivity index (χ2v) is 6.98. The molecule has 2 aromatic carbocycles. The minimum Gasteiger partial charge on any atom is -0.497 e. The first-order valence-corrected chi connectivity index (χ1v) is 10.5. The van der Waals surface area contributed by atoms with Gasteiger partial charge in [-0.05, 0) is 42.5 Å². The lowest BCUT2D eigenvalue weighted by atomic mass is 10.1. The monoisotopic (exact) mass is 492 g/mol.